The van der Waals surface area contributed by atoms with Crippen LogP contribution in [0.25, 0.3) is 0 Å². The van der Waals surface area contributed by atoms with Crippen LogP contribution in [0.3, 0.4) is 0 Å². The molecule has 1 rings (SSSR count). The van der Waals surface area contributed by atoms with E-state index in [0.717, 1.165) is 0 Å². The van der Waals surface area contributed by atoms with Crippen molar-refractivity contribution in [1.82, 2.24) is 0 Å². The second kappa shape index (κ2) is 6.72. The Hall–Kier alpha value is -2.11. The summed E-state index contributed by atoms with van der Waals surface area (Å²) in [5, 5.41) is 11.2. The Morgan fingerprint density at radius 1 is 1.42 bits per heavy atom. The molecule has 1 amide bonds. The van der Waals surface area contributed by atoms with Crippen LogP contribution in [0, 0.1) is 11.7 Å². The normalized spacial score (nSPS) is 11.7. The molecule has 2 N–H and O–H groups in total. The van der Waals surface area contributed by atoms with Crippen LogP contribution in [0.15, 0.2) is 18.2 Å². The van der Waals surface area contributed by atoms with E-state index in [1.165, 1.54) is 25.3 Å². The topological polar surface area (TPSA) is 75.6 Å². The maximum atomic E-state index is 13.2. The molecular weight excluding hydrogens is 253 g/mol. The van der Waals surface area contributed by atoms with E-state index in [1.54, 1.807) is 6.92 Å². The van der Waals surface area contributed by atoms with Crippen LogP contribution in [0.5, 0.6) is 5.75 Å². The summed E-state index contributed by atoms with van der Waals surface area (Å²) < 4.78 is 18.0. The number of anilines is 1. The fraction of sp³-hybridized carbons (Fsp3) is 0.385. The first-order valence-electron chi connectivity index (χ1n) is 5.77. The molecule has 19 heavy (non-hydrogen) atoms. The molecule has 5 nitrogen and oxygen atoms in total. The van der Waals surface area contributed by atoms with Crippen LogP contribution in [-0.4, -0.2) is 24.1 Å². The van der Waals surface area contributed by atoms with Crippen LogP contribution in [0.2, 0.25) is 0 Å². The second-order valence-corrected chi connectivity index (χ2v) is 4.30. The number of hydrogen-bond donors (Lipinski definition) is 2. The van der Waals surface area contributed by atoms with Crippen molar-refractivity contribution < 1.29 is 23.8 Å². The van der Waals surface area contributed by atoms with Crippen molar-refractivity contribution in [3.05, 3.63) is 24.0 Å². The highest BCUT2D eigenvalue weighted by molar-refractivity contribution is 5.91. The summed E-state index contributed by atoms with van der Waals surface area (Å²) in [6, 6.07) is 3.97. The Labute approximate surface area is 110 Å². The van der Waals surface area contributed by atoms with E-state index >= 15 is 0 Å². The number of aliphatic carboxylic acids is 1. The lowest BCUT2D eigenvalue weighted by molar-refractivity contribution is -0.138. The third-order valence-electron chi connectivity index (χ3n) is 2.49. The van der Waals surface area contributed by atoms with Crippen LogP contribution in [0.4, 0.5) is 10.1 Å². The number of methoxy groups -OCH3 is 1. The number of hydrogen-bond acceptors (Lipinski definition) is 3. The number of halogens is 1. The molecule has 0 saturated carbocycles. The summed E-state index contributed by atoms with van der Waals surface area (Å²) in [7, 11) is 1.33. The van der Waals surface area contributed by atoms with E-state index in [-0.39, 0.29) is 30.4 Å². The predicted molar refractivity (Wildman–Crippen MR) is 67.6 cm³/mol. The van der Waals surface area contributed by atoms with Crippen molar-refractivity contribution in [3.63, 3.8) is 0 Å². The summed E-state index contributed by atoms with van der Waals surface area (Å²) in [5.41, 5.74) is 0.408. The van der Waals surface area contributed by atoms with Gasteiger partial charge in [-0.1, -0.05) is 6.92 Å². The zero-order valence-electron chi connectivity index (χ0n) is 10.8. The van der Waals surface area contributed by atoms with Gasteiger partial charge in [0.15, 0.2) is 11.6 Å². The number of carboxylic acids is 1. The molecule has 0 aromatic heterocycles. The van der Waals surface area contributed by atoms with Gasteiger partial charge in [-0.25, -0.2) is 4.39 Å². The van der Waals surface area contributed by atoms with Gasteiger partial charge >= 0.3 is 5.97 Å². The predicted octanol–water partition coefficient (Wildman–Crippen LogP) is 2.27. The molecule has 104 valence electrons. The van der Waals surface area contributed by atoms with Crippen LogP contribution in [0.1, 0.15) is 19.8 Å². The summed E-state index contributed by atoms with van der Waals surface area (Å²) in [4.78, 5) is 22.1. The molecule has 0 fully saturated rings. The second-order valence-electron chi connectivity index (χ2n) is 4.30. The van der Waals surface area contributed by atoms with Gasteiger partial charge in [0.2, 0.25) is 5.91 Å². The van der Waals surface area contributed by atoms with Crippen LogP contribution >= 0.6 is 0 Å². The van der Waals surface area contributed by atoms with Gasteiger partial charge in [-0.3, -0.25) is 9.59 Å². The minimum Gasteiger partial charge on any atom is -0.494 e. The zero-order chi connectivity index (χ0) is 14.4. The fourth-order valence-corrected chi connectivity index (χ4v) is 1.64. The standard InChI is InChI=1S/C13H16FNO4/c1-8(6-13(17)18)5-12(16)15-9-3-4-10(14)11(7-9)19-2/h3-4,7-8H,5-6H2,1-2H3,(H,15,16)(H,17,18). The van der Waals surface area contributed by atoms with Gasteiger partial charge in [0.05, 0.1) is 7.11 Å². The quantitative estimate of drug-likeness (QED) is 0.830. The third kappa shape index (κ3) is 4.95. The van der Waals surface area contributed by atoms with Crippen molar-refractivity contribution in [2.45, 2.75) is 19.8 Å². The smallest absolute Gasteiger partial charge is 0.303 e. The minimum atomic E-state index is -0.941. The molecule has 6 heteroatoms. The van der Waals surface area contributed by atoms with Gasteiger partial charge in [0.25, 0.3) is 0 Å². The van der Waals surface area contributed by atoms with E-state index < -0.39 is 11.8 Å². The van der Waals surface area contributed by atoms with Gasteiger partial charge < -0.3 is 15.2 Å². The lowest BCUT2D eigenvalue weighted by atomic mass is 10.0. The van der Waals surface area contributed by atoms with Crippen LogP contribution < -0.4 is 10.1 Å². The maximum Gasteiger partial charge on any atom is 0.303 e. The molecule has 0 radical (unpaired) electrons. The van der Waals surface area contributed by atoms with Crippen molar-refractivity contribution in [3.8, 4) is 5.75 Å². The number of carbonyl (C=O) groups is 2. The lowest BCUT2D eigenvalue weighted by Crippen LogP contribution is -2.17. The largest absolute Gasteiger partial charge is 0.494 e. The first-order valence-corrected chi connectivity index (χ1v) is 5.77. The Balaban J connectivity index is 2.59. The average Bonchev–Trinajstić information content (AvgIpc) is 2.30. The summed E-state index contributed by atoms with van der Waals surface area (Å²) in [6.07, 6.45) is 0.0200. The number of carboxylic acid groups (broad SMARTS) is 1. The van der Waals surface area contributed by atoms with Crippen molar-refractivity contribution in [1.29, 1.82) is 0 Å². The zero-order valence-corrected chi connectivity index (χ0v) is 10.8. The van der Waals surface area contributed by atoms with Gasteiger partial charge in [-0.15, -0.1) is 0 Å². The molecule has 1 atom stereocenters. The number of amides is 1. The molecule has 0 aliphatic heterocycles. The fourth-order valence-electron chi connectivity index (χ4n) is 1.64. The first-order chi connectivity index (χ1) is 8.92. The minimum absolute atomic E-state index is 0.0383. The monoisotopic (exact) mass is 269 g/mol. The highest BCUT2D eigenvalue weighted by atomic mass is 19.1. The highest BCUT2D eigenvalue weighted by Crippen LogP contribution is 2.21. The molecular formula is C13H16FNO4. The number of benzene rings is 1. The van der Waals surface area contributed by atoms with E-state index in [1.807, 2.05) is 0 Å². The van der Waals surface area contributed by atoms with E-state index in [0.29, 0.717) is 5.69 Å². The van der Waals surface area contributed by atoms with Crippen molar-refractivity contribution >= 4 is 17.6 Å². The lowest BCUT2D eigenvalue weighted by Gasteiger charge is -2.10. The van der Waals surface area contributed by atoms with E-state index in [9.17, 15) is 14.0 Å². The van der Waals surface area contributed by atoms with E-state index in [4.69, 9.17) is 9.84 Å². The first kappa shape index (κ1) is 14.9. The maximum absolute atomic E-state index is 13.2. The molecule has 0 aliphatic carbocycles. The average molecular weight is 269 g/mol. The summed E-state index contributed by atoms with van der Waals surface area (Å²) in [5.74, 6) is -2.00. The molecule has 0 spiro atoms. The number of carbonyl (C=O) groups excluding carboxylic acids is 1. The summed E-state index contributed by atoms with van der Waals surface area (Å²) in [6.45, 7) is 1.68. The highest BCUT2D eigenvalue weighted by Gasteiger charge is 2.13. The van der Waals surface area contributed by atoms with Gasteiger partial charge in [0, 0.05) is 24.6 Å². The van der Waals surface area contributed by atoms with Crippen molar-refractivity contribution in [2.24, 2.45) is 5.92 Å². The number of rotatable bonds is 6. The van der Waals surface area contributed by atoms with Gasteiger partial charge in [0.1, 0.15) is 0 Å². The Morgan fingerprint density at radius 3 is 2.68 bits per heavy atom. The molecule has 0 saturated heterocycles. The molecule has 0 heterocycles. The Morgan fingerprint density at radius 2 is 2.11 bits per heavy atom. The van der Waals surface area contributed by atoms with Crippen molar-refractivity contribution in [2.75, 3.05) is 12.4 Å². The third-order valence-corrected chi connectivity index (χ3v) is 2.49. The summed E-state index contributed by atoms with van der Waals surface area (Å²) >= 11 is 0. The number of ether oxygens (including phenoxy) is 1. The molecule has 1 aromatic rings. The molecule has 0 bridgehead atoms. The van der Waals surface area contributed by atoms with E-state index in [2.05, 4.69) is 5.32 Å². The van der Waals surface area contributed by atoms with Gasteiger partial charge in [-0.2, -0.15) is 0 Å². The Kier molecular flexibility index (Phi) is 5.29. The van der Waals surface area contributed by atoms with Gasteiger partial charge in [-0.05, 0) is 18.1 Å². The molecule has 1 aromatic carbocycles. The SMILES string of the molecule is COc1cc(NC(=O)CC(C)CC(=O)O)ccc1F. The molecule has 0 aliphatic rings. The Bertz CT molecular complexity index is 476. The molecule has 1 unspecified atom stereocenters. The van der Waals surface area contributed by atoms with Crippen LogP contribution in [-0.2, 0) is 9.59 Å². The number of nitrogens with one attached hydrogen (secondary N) is 1.